The second-order valence-electron chi connectivity index (χ2n) is 4.76. The highest BCUT2D eigenvalue weighted by atomic mass is 32.1. The van der Waals surface area contributed by atoms with Gasteiger partial charge in [-0.25, -0.2) is 0 Å². The molecule has 0 bridgehead atoms. The van der Waals surface area contributed by atoms with Crippen molar-refractivity contribution >= 4 is 22.9 Å². The summed E-state index contributed by atoms with van der Waals surface area (Å²) in [6.45, 7) is 0.602. The average Bonchev–Trinajstić information content (AvgIpc) is 2.96. The first-order valence-electron chi connectivity index (χ1n) is 6.40. The third kappa shape index (κ3) is 2.63. The second-order valence-corrected chi connectivity index (χ2v) is 5.79. The van der Waals surface area contributed by atoms with Gasteiger partial charge in [0.2, 0.25) is 0 Å². The number of nitrogens with two attached hydrogens (primary N) is 1. The van der Waals surface area contributed by atoms with E-state index in [9.17, 15) is 4.79 Å². The highest BCUT2D eigenvalue weighted by Crippen LogP contribution is 2.42. The number of hydrogen-bond donors (Lipinski definition) is 3. The Morgan fingerprint density at radius 1 is 1.58 bits per heavy atom. The maximum atomic E-state index is 12.0. The van der Waals surface area contributed by atoms with Gasteiger partial charge in [-0.15, -0.1) is 11.3 Å². The van der Waals surface area contributed by atoms with E-state index in [4.69, 9.17) is 5.73 Å². The Labute approximate surface area is 115 Å². The highest BCUT2D eigenvalue weighted by Gasteiger charge is 2.30. The quantitative estimate of drug-likeness (QED) is 0.780. The second kappa shape index (κ2) is 5.05. The van der Waals surface area contributed by atoms with E-state index < -0.39 is 0 Å². The van der Waals surface area contributed by atoms with Crippen LogP contribution in [0.5, 0.6) is 0 Å². The molecule has 19 heavy (non-hydrogen) atoms. The van der Waals surface area contributed by atoms with Gasteiger partial charge in [-0.05, 0) is 30.7 Å². The molecule has 3 rings (SSSR count). The first-order valence-corrected chi connectivity index (χ1v) is 7.28. The molecule has 0 aliphatic heterocycles. The van der Waals surface area contributed by atoms with Crippen LogP contribution in [0.25, 0.3) is 0 Å². The molecular formula is C13H16N4OS. The van der Waals surface area contributed by atoms with Crippen molar-refractivity contribution in [1.29, 1.82) is 0 Å². The Hall–Kier alpha value is -1.82. The summed E-state index contributed by atoms with van der Waals surface area (Å²) in [4.78, 5) is 13.2. The number of H-pyrrole nitrogens is 1. The number of nitrogens with zero attached hydrogens (tertiary/aromatic N) is 1. The molecule has 6 heteroatoms. The summed E-state index contributed by atoms with van der Waals surface area (Å²) in [6, 6.07) is 4.07. The normalized spacial score (nSPS) is 14.5. The van der Waals surface area contributed by atoms with Gasteiger partial charge in [0.25, 0.3) is 5.91 Å². The number of hydrogen-bond acceptors (Lipinski definition) is 4. The van der Waals surface area contributed by atoms with Crippen LogP contribution in [-0.2, 0) is 6.42 Å². The van der Waals surface area contributed by atoms with E-state index in [2.05, 4.69) is 21.6 Å². The summed E-state index contributed by atoms with van der Waals surface area (Å²) < 4.78 is 0. The third-order valence-electron chi connectivity index (χ3n) is 3.27. The van der Waals surface area contributed by atoms with Crippen LogP contribution in [0.1, 0.15) is 39.8 Å². The fourth-order valence-corrected chi connectivity index (χ4v) is 2.77. The predicted octanol–water partition coefficient (Wildman–Crippen LogP) is 1.90. The van der Waals surface area contributed by atoms with Crippen LogP contribution in [0.15, 0.2) is 17.5 Å². The Kier molecular flexibility index (Phi) is 3.25. The SMILES string of the molecule is Nc1c(C(=O)NCCc2cccs2)n[nH]c1C1CC1. The van der Waals surface area contributed by atoms with Gasteiger partial charge in [0.05, 0.1) is 11.4 Å². The lowest BCUT2D eigenvalue weighted by Gasteiger charge is -2.02. The Morgan fingerprint density at radius 3 is 3.11 bits per heavy atom. The molecule has 5 nitrogen and oxygen atoms in total. The van der Waals surface area contributed by atoms with Crippen molar-refractivity contribution < 1.29 is 4.79 Å². The molecule has 1 amide bonds. The van der Waals surface area contributed by atoms with Crippen molar-refractivity contribution in [3.8, 4) is 0 Å². The van der Waals surface area contributed by atoms with Crippen molar-refractivity contribution in [3.05, 3.63) is 33.8 Å². The summed E-state index contributed by atoms with van der Waals surface area (Å²) in [5, 5.41) is 11.8. The number of aromatic nitrogens is 2. The number of rotatable bonds is 5. The molecular weight excluding hydrogens is 260 g/mol. The molecule has 1 fully saturated rings. The molecule has 0 aromatic carbocycles. The fraction of sp³-hybridized carbons (Fsp3) is 0.385. The van der Waals surface area contributed by atoms with E-state index in [0.717, 1.165) is 25.0 Å². The first-order chi connectivity index (χ1) is 9.25. The Bertz CT molecular complexity index is 571. The predicted molar refractivity (Wildman–Crippen MR) is 75.3 cm³/mol. The van der Waals surface area contributed by atoms with Crippen molar-refractivity contribution in [1.82, 2.24) is 15.5 Å². The van der Waals surface area contributed by atoms with Crippen LogP contribution >= 0.6 is 11.3 Å². The largest absolute Gasteiger partial charge is 0.395 e. The van der Waals surface area contributed by atoms with Gasteiger partial charge in [-0.1, -0.05) is 6.07 Å². The molecule has 1 aliphatic rings. The molecule has 2 aromatic heterocycles. The molecule has 100 valence electrons. The monoisotopic (exact) mass is 276 g/mol. The fourth-order valence-electron chi connectivity index (χ4n) is 2.06. The Balaban J connectivity index is 1.57. The number of amides is 1. The number of nitrogen functional groups attached to an aromatic ring is 1. The lowest BCUT2D eigenvalue weighted by molar-refractivity contribution is 0.0950. The molecule has 2 heterocycles. The summed E-state index contributed by atoms with van der Waals surface area (Å²) in [5.41, 5.74) is 7.72. The number of nitrogens with one attached hydrogen (secondary N) is 2. The summed E-state index contributed by atoms with van der Waals surface area (Å²) >= 11 is 1.69. The highest BCUT2D eigenvalue weighted by molar-refractivity contribution is 7.09. The van der Waals surface area contributed by atoms with E-state index in [1.807, 2.05) is 11.4 Å². The van der Waals surface area contributed by atoms with Crippen molar-refractivity contribution in [2.45, 2.75) is 25.2 Å². The van der Waals surface area contributed by atoms with Crippen LogP contribution in [0.3, 0.4) is 0 Å². The topological polar surface area (TPSA) is 83.8 Å². The molecule has 1 aliphatic carbocycles. The number of aromatic amines is 1. The Morgan fingerprint density at radius 2 is 2.42 bits per heavy atom. The lowest BCUT2D eigenvalue weighted by Crippen LogP contribution is -2.26. The van der Waals surface area contributed by atoms with E-state index in [-0.39, 0.29) is 5.91 Å². The van der Waals surface area contributed by atoms with Crippen LogP contribution in [0, 0.1) is 0 Å². The van der Waals surface area contributed by atoms with Crippen LogP contribution in [0.4, 0.5) is 5.69 Å². The molecule has 2 aromatic rings. The third-order valence-corrected chi connectivity index (χ3v) is 4.21. The van der Waals surface area contributed by atoms with Crippen molar-refractivity contribution in [2.75, 3.05) is 12.3 Å². The van der Waals surface area contributed by atoms with Crippen LogP contribution < -0.4 is 11.1 Å². The molecule has 0 saturated heterocycles. The van der Waals surface area contributed by atoms with E-state index in [1.165, 1.54) is 4.88 Å². The summed E-state index contributed by atoms with van der Waals surface area (Å²) in [6.07, 6.45) is 3.10. The molecule has 0 unspecified atom stereocenters. The van der Waals surface area contributed by atoms with E-state index in [0.29, 0.717) is 23.8 Å². The minimum atomic E-state index is -0.197. The van der Waals surface area contributed by atoms with Crippen LogP contribution in [0.2, 0.25) is 0 Å². The molecule has 0 atom stereocenters. The van der Waals surface area contributed by atoms with Gasteiger partial charge in [-0.2, -0.15) is 5.10 Å². The summed E-state index contributed by atoms with van der Waals surface area (Å²) in [7, 11) is 0. The van der Waals surface area contributed by atoms with Crippen molar-refractivity contribution in [2.24, 2.45) is 0 Å². The smallest absolute Gasteiger partial charge is 0.273 e. The number of carbonyl (C=O) groups is 1. The number of carbonyl (C=O) groups excluding carboxylic acids is 1. The minimum absolute atomic E-state index is 0.197. The minimum Gasteiger partial charge on any atom is -0.395 e. The van der Waals surface area contributed by atoms with Gasteiger partial charge in [0.15, 0.2) is 5.69 Å². The summed E-state index contributed by atoms with van der Waals surface area (Å²) in [5.74, 6) is 0.275. The van der Waals surface area contributed by atoms with E-state index in [1.54, 1.807) is 11.3 Å². The van der Waals surface area contributed by atoms with Gasteiger partial charge in [0.1, 0.15) is 0 Å². The number of thiophene rings is 1. The van der Waals surface area contributed by atoms with Gasteiger partial charge < -0.3 is 11.1 Å². The molecule has 1 saturated carbocycles. The zero-order chi connectivity index (χ0) is 13.2. The lowest BCUT2D eigenvalue weighted by atomic mass is 10.2. The van der Waals surface area contributed by atoms with Crippen molar-refractivity contribution in [3.63, 3.8) is 0 Å². The van der Waals surface area contributed by atoms with Gasteiger partial charge in [-0.3, -0.25) is 9.89 Å². The molecule has 4 N–H and O–H groups in total. The van der Waals surface area contributed by atoms with Gasteiger partial charge >= 0.3 is 0 Å². The molecule has 0 spiro atoms. The maximum absolute atomic E-state index is 12.0. The standard InChI is InChI=1S/C13H16N4OS/c14-10-11(8-3-4-8)16-17-12(10)13(18)15-6-5-9-2-1-7-19-9/h1-2,7-8H,3-6,14H2,(H,15,18)(H,16,17). The van der Waals surface area contributed by atoms with Crippen LogP contribution in [-0.4, -0.2) is 22.6 Å². The molecule has 0 radical (unpaired) electrons. The number of anilines is 1. The zero-order valence-electron chi connectivity index (χ0n) is 10.5. The maximum Gasteiger partial charge on any atom is 0.273 e. The first kappa shape index (κ1) is 12.2. The average molecular weight is 276 g/mol. The van der Waals surface area contributed by atoms with E-state index >= 15 is 0 Å². The zero-order valence-corrected chi connectivity index (χ0v) is 11.3. The van der Waals surface area contributed by atoms with Gasteiger partial charge in [0, 0.05) is 17.3 Å².